The highest BCUT2D eigenvalue weighted by Crippen LogP contribution is 2.21. The molecule has 5 nitrogen and oxygen atoms in total. The van der Waals surface area contributed by atoms with Crippen molar-refractivity contribution in [3.05, 3.63) is 65.1 Å². The van der Waals surface area contributed by atoms with Gasteiger partial charge in [-0.2, -0.15) is 0 Å². The van der Waals surface area contributed by atoms with Gasteiger partial charge in [-0.15, -0.1) is 0 Å². The van der Waals surface area contributed by atoms with Gasteiger partial charge in [-0.25, -0.2) is 8.42 Å². The van der Waals surface area contributed by atoms with Crippen LogP contribution in [0.15, 0.2) is 53.2 Å². The van der Waals surface area contributed by atoms with Gasteiger partial charge in [0, 0.05) is 17.1 Å². The Hall–Kier alpha value is -2.05. The van der Waals surface area contributed by atoms with E-state index in [0.717, 1.165) is 5.56 Å². The molecule has 1 aliphatic rings. The Bertz CT molecular complexity index is 857. The maximum absolute atomic E-state index is 12.7. The fourth-order valence-electron chi connectivity index (χ4n) is 2.82. The molecular weight excluding hydrogens is 362 g/mol. The molecule has 1 saturated heterocycles. The molecule has 25 heavy (non-hydrogen) atoms. The van der Waals surface area contributed by atoms with E-state index in [1.54, 1.807) is 35.2 Å². The van der Waals surface area contributed by atoms with E-state index >= 15 is 0 Å². The van der Waals surface area contributed by atoms with Crippen LogP contribution < -0.4 is 0 Å². The molecule has 0 saturated carbocycles. The molecule has 1 amide bonds. The van der Waals surface area contributed by atoms with E-state index in [9.17, 15) is 13.2 Å². The molecule has 3 rings (SSSR count). The number of amides is 1. The minimum Gasteiger partial charge on any atom is -0.467 e. The second kappa shape index (κ2) is 7.45. The highest BCUT2D eigenvalue weighted by atomic mass is 35.5. The van der Waals surface area contributed by atoms with Crippen LogP contribution in [-0.2, 0) is 21.2 Å². The molecule has 1 fully saturated rings. The van der Waals surface area contributed by atoms with Crippen molar-refractivity contribution in [1.29, 1.82) is 0 Å². The molecule has 0 aliphatic carbocycles. The van der Waals surface area contributed by atoms with Gasteiger partial charge in [0.25, 0.3) is 0 Å². The van der Waals surface area contributed by atoms with Crippen LogP contribution in [-0.4, -0.2) is 36.8 Å². The van der Waals surface area contributed by atoms with Crippen LogP contribution in [0, 0.1) is 0 Å². The number of hydrogen-bond acceptors (Lipinski definition) is 4. The summed E-state index contributed by atoms with van der Waals surface area (Å²) in [5, 5.41) is 0.624. The fourth-order valence-corrected chi connectivity index (χ4v) is 4.67. The third-order valence-corrected chi connectivity index (χ3v) is 6.13. The second-order valence-electron chi connectivity index (χ2n) is 5.99. The highest BCUT2D eigenvalue weighted by molar-refractivity contribution is 7.91. The first-order valence-corrected chi connectivity index (χ1v) is 10.1. The average molecular weight is 380 g/mol. The minimum atomic E-state index is -3.09. The molecule has 1 unspecified atom stereocenters. The smallest absolute Gasteiger partial charge is 0.247 e. The zero-order valence-electron chi connectivity index (χ0n) is 13.5. The van der Waals surface area contributed by atoms with Gasteiger partial charge in [0.05, 0.1) is 24.3 Å². The summed E-state index contributed by atoms with van der Waals surface area (Å²) < 4.78 is 28.9. The lowest BCUT2D eigenvalue weighted by Crippen LogP contribution is -2.39. The largest absolute Gasteiger partial charge is 0.467 e. The van der Waals surface area contributed by atoms with Crippen LogP contribution in [0.1, 0.15) is 17.7 Å². The lowest BCUT2D eigenvalue weighted by molar-refractivity contribution is -0.128. The first-order valence-electron chi connectivity index (χ1n) is 7.90. The van der Waals surface area contributed by atoms with Gasteiger partial charge in [0.1, 0.15) is 5.76 Å². The Balaban J connectivity index is 1.78. The summed E-state index contributed by atoms with van der Waals surface area (Å²) in [5.41, 5.74) is 0.842. The van der Waals surface area contributed by atoms with E-state index < -0.39 is 9.84 Å². The standard InChI is InChI=1S/C18H18ClNO4S/c19-15-6-3-14(4-7-15)5-8-18(21)20(12-17-2-1-10-24-17)16-9-11-25(22,23)13-16/h1-8,10,16H,9,11-13H2. The Kier molecular flexibility index (Phi) is 5.30. The lowest BCUT2D eigenvalue weighted by atomic mass is 10.2. The van der Waals surface area contributed by atoms with Gasteiger partial charge < -0.3 is 9.32 Å². The number of furan rings is 1. The van der Waals surface area contributed by atoms with E-state index in [1.165, 1.54) is 12.3 Å². The van der Waals surface area contributed by atoms with Crippen LogP contribution in [0.3, 0.4) is 0 Å². The molecule has 1 aromatic carbocycles. The van der Waals surface area contributed by atoms with Gasteiger partial charge in [0.15, 0.2) is 9.84 Å². The van der Waals surface area contributed by atoms with Gasteiger partial charge in [0.2, 0.25) is 5.91 Å². The number of benzene rings is 1. The average Bonchev–Trinajstić information content (AvgIpc) is 3.21. The molecule has 1 aliphatic heterocycles. The van der Waals surface area contributed by atoms with E-state index in [-0.39, 0.29) is 30.0 Å². The molecule has 2 aromatic rings. The first-order chi connectivity index (χ1) is 11.9. The Morgan fingerprint density at radius 1 is 1.28 bits per heavy atom. The van der Waals surface area contributed by atoms with Crippen molar-refractivity contribution in [3.63, 3.8) is 0 Å². The van der Waals surface area contributed by atoms with Crippen LogP contribution in [0.2, 0.25) is 5.02 Å². The molecular formula is C18H18ClNO4S. The van der Waals surface area contributed by atoms with E-state index in [0.29, 0.717) is 17.2 Å². The van der Waals surface area contributed by atoms with E-state index in [2.05, 4.69) is 0 Å². The predicted octanol–water partition coefficient (Wildman–Crippen LogP) is 3.16. The number of rotatable bonds is 5. The zero-order chi connectivity index (χ0) is 17.9. The monoisotopic (exact) mass is 379 g/mol. The summed E-state index contributed by atoms with van der Waals surface area (Å²) in [6.45, 7) is 0.247. The molecule has 0 radical (unpaired) electrons. The summed E-state index contributed by atoms with van der Waals surface area (Å²) in [6.07, 6.45) is 5.13. The van der Waals surface area contributed by atoms with E-state index in [1.807, 2.05) is 12.1 Å². The minimum absolute atomic E-state index is 0.00572. The second-order valence-corrected chi connectivity index (χ2v) is 8.65. The molecule has 0 spiro atoms. The number of nitrogens with zero attached hydrogens (tertiary/aromatic N) is 1. The first kappa shape index (κ1) is 17.8. The van der Waals surface area contributed by atoms with Crippen molar-refractivity contribution >= 4 is 33.4 Å². The molecule has 1 aromatic heterocycles. The van der Waals surface area contributed by atoms with Gasteiger partial charge in [-0.1, -0.05) is 23.7 Å². The van der Waals surface area contributed by atoms with Crippen molar-refractivity contribution in [1.82, 2.24) is 4.90 Å². The maximum Gasteiger partial charge on any atom is 0.247 e. The molecule has 0 N–H and O–H groups in total. The molecule has 0 bridgehead atoms. The highest BCUT2D eigenvalue weighted by Gasteiger charge is 2.34. The summed E-state index contributed by atoms with van der Waals surface area (Å²) in [7, 11) is -3.09. The normalized spacial score (nSPS) is 19.3. The zero-order valence-corrected chi connectivity index (χ0v) is 15.0. The summed E-state index contributed by atoms with van der Waals surface area (Å²) in [5.74, 6) is 0.486. The van der Waals surface area contributed by atoms with Crippen LogP contribution in [0.25, 0.3) is 6.08 Å². The molecule has 2 heterocycles. The Morgan fingerprint density at radius 2 is 2.04 bits per heavy atom. The summed E-state index contributed by atoms with van der Waals surface area (Å²) in [4.78, 5) is 14.2. The quantitative estimate of drug-likeness (QED) is 0.748. The topological polar surface area (TPSA) is 67.6 Å². The third-order valence-electron chi connectivity index (χ3n) is 4.13. The number of hydrogen-bond donors (Lipinski definition) is 0. The van der Waals surface area contributed by atoms with Crippen LogP contribution >= 0.6 is 11.6 Å². The molecule has 7 heteroatoms. The number of carbonyl (C=O) groups is 1. The SMILES string of the molecule is O=C(C=Cc1ccc(Cl)cc1)N(Cc1ccco1)C1CCS(=O)(=O)C1. The summed E-state index contributed by atoms with van der Waals surface area (Å²) >= 11 is 5.85. The number of halogens is 1. The fraction of sp³-hybridized carbons (Fsp3) is 0.278. The van der Waals surface area contributed by atoms with Crippen molar-refractivity contribution in [2.45, 2.75) is 19.0 Å². The van der Waals surface area contributed by atoms with Crippen molar-refractivity contribution in [2.24, 2.45) is 0 Å². The third kappa shape index (κ3) is 4.74. The van der Waals surface area contributed by atoms with Crippen molar-refractivity contribution in [2.75, 3.05) is 11.5 Å². The molecule has 132 valence electrons. The molecule has 1 atom stereocenters. The number of carbonyl (C=O) groups excluding carboxylic acids is 1. The van der Waals surface area contributed by atoms with Gasteiger partial charge in [-0.3, -0.25) is 4.79 Å². The van der Waals surface area contributed by atoms with Crippen LogP contribution in [0.4, 0.5) is 0 Å². The van der Waals surface area contributed by atoms with Gasteiger partial charge >= 0.3 is 0 Å². The van der Waals surface area contributed by atoms with Crippen molar-refractivity contribution < 1.29 is 17.6 Å². The van der Waals surface area contributed by atoms with E-state index in [4.69, 9.17) is 16.0 Å². The number of sulfone groups is 1. The van der Waals surface area contributed by atoms with Crippen molar-refractivity contribution in [3.8, 4) is 0 Å². The maximum atomic E-state index is 12.7. The predicted molar refractivity (Wildman–Crippen MR) is 96.8 cm³/mol. The summed E-state index contributed by atoms with van der Waals surface area (Å²) in [6, 6.07) is 10.3. The van der Waals surface area contributed by atoms with Gasteiger partial charge in [-0.05, 0) is 42.3 Å². The van der Waals surface area contributed by atoms with Crippen LogP contribution in [0.5, 0.6) is 0 Å². The Morgan fingerprint density at radius 3 is 2.64 bits per heavy atom. The lowest BCUT2D eigenvalue weighted by Gasteiger charge is -2.26. The Labute approximate surface area is 151 Å².